The lowest BCUT2D eigenvalue weighted by molar-refractivity contribution is -0.171. The van der Waals surface area contributed by atoms with Crippen molar-refractivity contribution in [3.05, 3.63) is 35.4 Å². The van der Waals surface area contributed by atoms with Gasteiger partial charge in [-0.05, 0) is 39.3 Å². The summed E-state index contributed by atoms with van der Waals surface area (Å²) in [6, 6.07) is 4.62. The first kappa shape index (κ1) is 20.9. The van der Waals surface area contributed by atoms with Crippen molar-refractivity contribution in [1.82, 2.24) is 10.4 Å². The summed E-state index contributed by atoms with van der Waals surface area (Å²) in [6.45, 7) is 4.88. The predicted molar refractivity (Wildman–Crippen MR) is 94.6 cm³/mol. The number of carbonyl (C=O) groups excluding carboxylic acids is 5. The van der Waals surface area contributed by atoms with Gasteiger partial charge < -0.3 is 20.6 Å². The Morgan fingerprint density at radius 1 is 1.11 bits per heavy atom. The largest absolute Gasteiger partial charge is 0.444 e. The van der Waals surface area contributed by atoms with Gasteiger partial charge in [0.2, 0.25) is 5.91 Å². The first-order valence-corrected chi connectivity index (χ1v) is 8.47. The lowest BCUT2D eigenvalue weighted by Crippen LogP contribution is -2.47. The van der Waals surface area contributed by atoms with Crippen LogP contribution < -0.4 is 11.1 Å². The van der Waals surface area contributed by atoms with E-state index < -0.39 is 41.4 Å². The number of amides is 4. The predicted octanol–water partition coefficient (Wildman–Crippen LogP) is 0.900. The molecule has 0 aromatic heterocycles. The number of fused-ring (bicyclic) bond motifs is 1. The topological polar surface area (TPSA) is 145 Å². The van der Waals surface area contributed by atoms with Crippen molar-refractivity contribution in [2.45, 2.75) is 45.3 Å². The average Bonchev–Trinajstić information content (AvgIpc) is 2.82. The van der Waals surface area contributed by atoms with Gasteiger partial charge in [0, 0.05) is 6.42 Å². The molecule has 0 saturated heterocycles. The van der Waals surface area contributed by atoms with Crippen LogP contribution in [0.2, 0.25) is 0 Å². The number of nitrogens with two attached hydrogens (primary N) is 1. The van der Waals surface area contributed by atoms with Crippen molar-refractivity contribution in [2.24, 2.45) is 5.73 Å². The molecule has 1 heterocycles. The number of imide groups is 1. The van der Waals surface area contributed by atoms with E-state index in [1.54, 1.807) is 32.9 Å². The summed E-state index contributed by atoms with van der Waals surface area (Å²) in [5.41, 5.74) is 4.44. The Bertz CT molecular complexity index is 794. The molecule has 150 valence electrons. The summed E-state index contributed by atoms with van der Waals surface area (Å²) >= 11 is 0. The Kier molecular flexibility index (Phi) is 6.02. The molecule has 0 unspecified atom stereocenters. The van der Waals surface area contributed by atoms with Gasteiger partial charge in [-0.25, -0.2) is 9.59 Å². The number of hydrogen-bond acceptors (Lipinski definition) is 7. The van der Waals surface area contributed by atoms with Crippen LogP contribution in [0.25, 0.3) is 0 Å². The first-order valence-electron chi connectivity index (χ1n) is 8.47. The van der Waals surface area contributed by atoms with Gasteiger partial charge in [0.1, 0.15) is 11.6 Å². The zero-order valence-electron chi connectivity index (χ0n) is 15.7. The van der Waals surface area contributed by atoms with Gasteiger partial charge in [0.05, 0.1) is 11.1 Å². The van der Waals surface area contributed by atoms with Gasteiger partial charge in [0.25, 0.3) is 11.8 Å². The minimum atomic E-state index is -1.35. The molecule has 10 nitrogen and oxygen atoms in total. The fourth-order valence-corrected chi connectivity index (χ4v) is 2.39. The maximum atomic E-state index is 12.5. The molecule has 1 atom stereocenters. The average molecular weight is 391 g/mol. The summed E-state index contributed by atoms with van der Waals surface area (Å²) in [7, 11) is 0. The molecule has 3 N–H and O–H groups in total. The van der Waals surface area contributed by atoms with Crippen molar-refractivity contribution in [2.75, 3.05) is 0 Å². The number of primary amides is 1. The molecule has 0 bridgehead atoms. The highest BCUT2D eigenvalue weighted by Crippen LogP contribution is 2.23. The third kappa shape index (κ3) is 5.06. The highest BCUT2D eigenvalue weighted by molar-refractivity contribution is 6.20. The Hall–Kier alpha value is -3.43. The second kappa shape index (κ2) is 8.07. The molecule has 4 amide bonds. The van der Waals surface area contributed by atoms with Gasteiger partial charge >= 0.3 is 12.1 Å². The van der Waals surface area contributed by atoms with Gasteiger partial charge in [-0.3, -0.25) is 14.4 Å². The second-order valence-electron chi connectivity index (χ2n) is 7.06. The van der Waals surface area contributed by atoms with Crippen molar-refractivity contribution in [1.29, 1.82) is 0 Å². The smallest absolute Gasteiger partial charge is 0.408 e. The normalized spacial score (nSPS) is 14.3. The molecule has 0 aliphatic carbocycles. The Morgan fingerprint density at radius 3 is 2.11 bits per heavy atom. The number of nitrogens with zero attached hydrogens (tertiary/aromatic N) is 1. The van der Waals surface area contributed by atoms with E-state index >= 15 is 0 Å². The maximum absolute atomic E-state index is 12.5. The van der Waals surface area contributed by atoms with E-state index in [0.29, 0.717) is 5.06 Å². The zero-order valence-corrected chi connectivity index (χ0v) is 15.7. The van der Waals surface area contributed by atoms with Crippen molar-refractivity contribution in [3.63, 3.8) is 0 Å². The molecular weight excluding hydrogens is 370 g/mol. The number of rotatable bonds is 6. The number of benzene rings is 1. The number of hydroxylamine groups is 2. The molecule has 0 fully saturated rings. The van der Waals surface area contributed by atoms with Crippen LogP contribution >= 0.6 is 0 Å². The van der Waals surface area contributed by atoms with E-state index in [1.807, 2.05) is 0 Å². The fraction of sp³-hybridized carbons (Fsp3) is 0.389. The maximum Gasteiger partial charge on any atom is 0.408 e. The Labute approximate surface area is 160 Å². The van der Waals surface area contributed by atoms with E-state index in [9.17, 15) is 24.0 Å². The summed E-state index contributed by atoms with van der Waals surface area (Å²) in [5, 5.41) is 2.58. The van der Waals surface area contributed by atoms with E-state index in [2.05, 4.69) is 5.32 Å². The minimum absolute atomic E-state index is 0.0917. The van der Waals surface area contributed by atoms with Gasteiger partial charge in [0.15, 0.2) is 0 Å². The Morgan fingerprint density at radius 2 is 1.64 bits per heavy atom. The molecule has 1 aliphatic heterocycles. The van der Waals surface area contributed by atoms with E-state index in [4.69, 9.17) is 15.3 Å². The Balaban J connectivity index is 2.12. The van der Waals surface area contributed by atoms with Crippen molar-refractivity contribution >= 4 is 29.8 Å². The number of alkyl carbamates (subject to hydrolysis) is 1. The fourth-order valence-electron chi connectivity index (χ4n) is 2.39. The van der Waals surface area contributed by atoms with Crippen LogP contribution in [-0.4, -0.2) is 46.5 Å². The van der Waals surface area contributed by atoms with Crippen LogP contribution in [0.1, 0.15) is 54.3 Å². The number of hydrogen-bond donors (Lipinski definition) is 2. The number of nitrogens with one attached hydrogen (secondary N) is 1. The van der Waals surface area contributed by atoms with Gasteiger partial charge in [-0.2, -0.15) is 0 Å². The molecule has 2 rings (SSSR count). The molecule has 28 heavy (non-hydrogen) atoms. The van der Waals surface area contributed by atoms with E-state index in [-0.39, 0.29) is 24.0 Å². The first-order chi connectivity index (χ1) is 13.0. The SMILES string of the molecule is CC(C)(C)OC(=O)N[C@H](CCC(N)=O)C(=O)ON1C(=O)c2ccccc2C1=O. The molecular formula is C18H21N3O7. The number of carbonyl (C=O) groups is 5. The van der Waals surface area contributed by atoms with Crippen LogP contribution in [0, 0.1) is 0 Å². The summed E-state index contributed by atoms with van der Waals surface area (Å²) in [5.74, 6) is -3.43. The molecule has 1 aliphatic rings. The highest BCUT2D eigenvalue weighted by Gasteiger charge is 2.40. The molecule has 0 radical (unpaired) electrons. The van der Waals surface area contributed by atoms with E-state index in [0.717, 1.165) is 0 Å². The van der Waals surface area contributed by atoms with Crippen molar-refractivity contribution in [3.8, 4) is 0 Å². The van der Waals surface area contributed by atoms with Crippen LogP contribution in [-0.2, 0) is 19.2 Å². The minimum Gasteiger partial charge on any atom is -0.444 e. The number of ether oxygens (including phenoxy) is 1. The van der Waals surface area contributed by atoms with Crippen LogP contribution in [0.3, 0.4) is 0 Å². The lowest BCUT2D eigenvalue weighted by Gasteiger charge is -2.23. The third-order valence-electron chi connectivity index (χ3n) is 3.59. The van der Waals surface area contributed by atoms with Gasteiger partial charge in [-0.15, -0.1) is 0 Å². The molecule has 1 aromatic carbocycles. The van der Waals surface area contributed by atoms with Crippen molar-refractivity contribution < 1.29 is 33.5 Å². The second-order valence-corrected chi connectivity index (χ2v) is 7.06. The standard InChI is InChI=1S/C18H21N3O7/c1-18(2,3)27-17(26)20-12(8-9-13(19)22)16(25)28-21-14(23)10-6-4-5-7-11(10)15(21)24/h4-7,12H,8-9H2,1-3H3,(H2,19,22)(H,20,26)/t12-/m1/s1. The quantitative estimate of drug-likeness (QED) is 0.685. The molecule has 0 spiro atoms. The molecule has 0 saturated carbocycles. The van der Waals surface area contributed by atoms with Crippen LogP contribution in [0.4, 0.5) is 4.79 Å². The molecule has 10 heteroatoms. The monoisotopic (exact) mass is 391 g/mol. The summed E-state index contributed by atoms with van der Waals surface area (Å²) in [4.78, 5) is 65.0. The lowest BCUT2D eigenvalue weighted by atomic mass is 10.1. The zero-order chi connectivity index (χ0) is 21.1. The summed E-state index contributed by atoms with van der Waals surface area (Å²) < 4.78 is 5.07. The van der Waals surface area contributed by atoms with Crippen LogP contribution in [0.5, 0.6) is 0 Å². The van der Waals surface area contributed by atoms with Gasteiger partial charge in [-0.1, -0.05) is 17.2 Å². The summed E-state index contributed by atoms with van der Waals surface area (Å²) in [6.07, 6.45) is -1.37. The van der Waals surface area contributed by atoms with Crippen LogP contribution in [0.15, 0.2) is 24.3 Å². The molecule has 1 aromatic rings. The third-order valence-corrected chi connectivity index (χ3v) is 3.59. The highest BCUT2D eigenvalue weighted by atomic mass is 16.7. The van der Waals surface area contributed by atoms with E-state index in [1.165, 1.54) is 12.1 Å².